The summed E-state index contributed by atoms with van der Waals surface area (Å²) in [5, 5.41) is 1.05. The molecule has 0 N–H and O–H groups in total. The Kier molecular flexibility index (Phi) is 3.23. The molecule has 2 rings (SSSR count). The number of fused-ring (bicyclic) bond motifs is 1. The highest BCUT2D eigenvalue weighted by Gasteiger charge is 2.19. The summed E-state index contributed by atoms with van der Waals surface area (Å²) in [6.45, 7) is 7.57. The van der Waals surface area contributed by atoms with Crippen LogP contribution < -0.4 is 0 Å². The number of halogens is 1. The molecule has 1 aromatic heterocycles. The van der Waals surface area contributed by atoms with Gasteiger partial charge in [0.25, 0.3) is 0 Å². The first-order valence-corrected chi connectivity index (χ1v) is 6.58. The Balaban J connectivity index is 2.49. The van der Waals surface area contributed by atoms with Gasteiger partial charge in [0.15, 0.2) is 0 Å². The number of carbonyl (C=O) groups is 1. The lowest BCUT2D eigenvalue weighted by molar-refractivity contribution is 0.0544. The summed E-state index contributed by atoms with van der Waals surface area (Å²) in [6.07, 6.45) is 1.47. The molecule has 0 saturated carbocycles. The molecule has 0 aliphatic heterocycles. The molecule has 0 fully saturated rings. The second-order valence-electron chi connectivity index (χ2n) is 5.32. The lowest BCUT2D eigenvalue weighted by Gasteiger charge is -2.19. The zero-order chi connectivity index (χ0) is 13.5. The third-order valence-electron chi connectivity index (χ3n) is 2.56. The minimum absolute atomic E-state index is 0.345. The maximum absolute atomic E-state index is 12.1. The summed E-state index contributed by atoms with van der Waals surface area (Å²) in [5.41, 5.74) is 1.43. The molecule has 1 aromatic carbocycles. The van der Waals surface area contributed by atoms with Crippen molar-refractivity contribution in [3.63, 3.8) is 0 Å². The first-order chi connectivity index (χ1) is 8.28. The molecule has 0 spiro atoms. The van der Waals surface area contributed by atoms with E-state index in [-0.39, 0.29) is 6.09 Å². The van der Waals surface area contributed by atoms with Gasteiger partial charge in [0.2, 0.25) is 0 Å². The number of rotatable bonds is 0. The third kappa shape index (κ3) is 2.58. The number of ether oxygens (including phenoxy) is 1. The zero-order valence-electron chi connectivity index (χ0n) is 11.0. The molecule has 96 valence electrons. The van der Waals surface area contributed by atoms with E-state index in [1.165, 1.54) is 0 Å². The summed E-state index contributed by atoms with van der Waals surface area (Å²) >= 11 is 3.44. The third-order valence-corrected chi connectivity index (χ3v) is 3.05. The van der Waals surface area contributed by atoms with E-state index in [1.807, 2.05) is 52.1 Å². The standard InChI is InChI=1S/C14H16BrNO2/c1-9-8-16(13(17)18-14(2,3)4)12-6-5-10(15)7-11(9)12/h5-8H,1-4H3. The van der Waals surface area contributed by atoms with Crippen molar-refractivity contribution < 1.29 is 9.53 Å². The number of carbonyl (C=O) groups excluding carboxylic acids is 1. The van der Waals surface area contributed by atoms with Crippen LogP contribution in [0.1, 0.15) is 26.3 Å². The maximum Gasteiger partial charge on any atom is 0.418 e. The van der Waals surface area contributed by atoms with E-state index in [1.54, 1.807) is 4.57 Å². The Bertz CT molecular complexity index is 608. The Morgan fingerprint density at radius 3 is 2.61 bits per heavy atom. The van der Waals surface area contributed by atoms with Gasteiger partial charge in [-0.2, -0.15) is 0 Å². The first-order valence-electron chi connectivity index (χ1n) is 5.78. The molecule has 0 bridgehead atoms. The second-order valence-corrected chi connectivity index (χ2v) is 6.24. The molecule has 0 atom stereocenters. The fourth-order valence-corrected chi connectivity index (χ4v) is 2.19. The average Bonchev–Trinajstić information content (AvgIpc) is 2.54. The number of aryl methyl sites for hydroxylation is 1. The Labute approximate surface area is 115 Å². The molecular weight excluding hydrogens is 294 g/mol. The molecular formula is C14H16BrNO2. The fraction of sp³-hybridized carbons (Fsp3) is 0.357. The van der Waals surface area contributed by atoms with Crippen molar-refractivity contribution in [3.8, 4) is 0 Å². The number of hydrogen-bond donors (Lipinski definition) is 0. The molecule has 3 nitrogen and oxygen atoms in total. The van der Waals surface area contributed by atoms with Gasteiger partial charge in [-0.05, 0) is 51.5 Å². The van der Waals surface area contributed by atoms with Crippen LogP contribution in [0.2, 0.25) is 0 Å². The number of hydrogen-bond acceptors (Lipinski definition) is 2. The quantitative estimate of drug-likeness (QED) is 0.717. The summed E-state index contributed by atoms with van der Waals surface area (Å²) < 4.78 is 7.95. The predicted molar refractivity (Wildman–Crippen MR) is 76.0 cm³/mol. The number of aromatic nitrogens is 1. The molecule has 0 aliphatic carbocycles. The van der Waals surface area contributed by atoms with Crippen molar-refractivity contribution in [2.45, 2.75) is 33.3 Å². The summed E-state index contributed by atoms with van der Waals surface area (Å²) in [4.78, 5) is 12.1. The van der Waals surface area contributed by atoms with Gasteiger partial charge in [-0.3, -0.25) is 4.57 Å². The van der Waals surface area contributed by atoms with Gasteiger partial charge >= 0.3 is 6.09 Å². The van der Waals surface area contributed by atoms with Crippen LogP contribution in [-0.2, 0) is 4.74 Å². The van der Waals surface area contributed by atoms with Crippen LogP contribution in [0.4, 0.5) is 4.79 Å². The summed E-state index contributed by atoms with van der Waals surface area (Å²) in [5.74, 6) is 0. The van der Waals surface area contributed by atoms with Crippen molar-refractivity contribution in [1.29, 1.82) is 0 Å². The molecule has 1 heterocycles. The molecule has 0 unspecified atom stereocenters. The summed E-state index contributed by atoms with van der Waals surface area (Å²) in [7, 11) is 0. The number of benzene rings is 1. The van der Waals surface area contributed by atoms with Crippen LogP contribution in [0.15, 0.2) is 28.9 Å². The van der Waals surface area contributed by atoms with Crippen molar-refractivity contribution in [3.05, 3.63) is 34.4 Å². The highest BCUT2D eigenvalue weighted by molar-refractivity contribution is 9.10. The van der Waals surface area contributed by atoms with Crippen LogP contribution in [-0.4, -0.2) is 16.3 Å². The van der Waals surface area contributed by atoms with E-state index in [4.69, 9.17) is 4.74 Å². The Hall–Kier alpha value is -1.29. The smallest absolute Gasteiger partial charge is 0.418 e. The molecule has 18 heavy (non-hydrogen) atoms. The van der Waals surface area contributed by atoms with E-state index < -0.39 is 5.60 Å². The van der Waals surface area contributed by atoms with E-state index in [0.29, 0.717) is 0 Å². The van der Waals surface area contributed by atoms with Gasteiger partial charge in [-0.1, -0.05) is 15.9 Å². The first kappa shape index (κ1) is 13.1. The second kappa shape index (κ2) is 4.43. The summed E-state index contributed by atoms with van der Waals surface area (Å²) in [6, 6.07) is 5.84. The molecule has 0 saturated heterocycles. The van der Waals surface area contributed by atoms with Gasteiger partial charge in [0.05, 0.1) is 5.52 Å². The van der Waals surface area contributed by atoms with Crippen molar-refractivity contribution in [1.82, 2.24) is 4.57 Å². The lowest BCUT2D eigenvalue weighted by atomic mass is 10.2. The van der Waals surface area contributed by atoms with E-state index in [9.17, 15) is 4.79 Å². The Morgan fingerprint density at radius 1 is 1.33 bits per heavy atom. The SMILES string of the molecule is Cc1cn(C(=O)OC(C)(C)C)c2ccc(Br)cc12. The van der Waals surface area contributed by atoms with Crippen LogP contribution in [0.5, 0.6) is 0 Å². The largest absolute Gasteiger partial charge is 0.443 e. The van der Waals surface area contributed by atoms with Crippen LogP contribution in [0, 0.1) is 6.92 Å². The highest BCUT2D eigenvalue weighted by atomic mass is 79.9. The molecule has 0 aliphatic rings. The zero-order valence-corrected chi connectivity index (χ0v) is 12.5. The van der Waals surface area contributed by atoms with Crippen molar-refractivity contribution in [2.75, 3.05) is 0 Å². The van der Waals surface area contributed by atoms with Gasteiger partial charge in [-0.15, -0.1) is 0 Å². The van der Waals surface area contributed by atoms with E-state index in [0.717, 1.165) is 20.9 Å². The predicted octanol–water partition coefficient (Wildman–Crippen LogP) is 4.50. The van der Waals surface area contributed by atoms with E-state index >= 15 is 0 Å². The monoisotopic (exact) mass is 309 g/mol. The van der Waals surface area contributed by atoms with Crippen LogP contribution in [0.25, 0.3) is 10.9 Å². The molecule has 4 heteroatoms. The van der Waals surface area contributed by atoms with Gasteiger partial charge < -0.3 is 4.74 Å². The maximum atomic E-state index is 12.1. The fourth-order valence-electron chi connectivity index (χ4n) is 1.83. The minimum atomic E-state index is -0.489. The lowest BCUT2D eigenvalue weighted by Crippen LogP contribution is -2.26. The topological polar surface area (TPSA) is 31.2 Å². The normalized spacial score (nSPS) is 11.8. The minimum Gasteiger partial charge on any atom is -0.443 e. The van der Waals surface area contributed by atoms with Crippen molar-refractivity contribution >= 4 is 32.9 Å². The van der Waals surface area contributed by atoms with Gasteiger partial charge in [-0.25, -0.2) is 4.79 Å². The van der Waals surface area contributed by atoms with Gasteiger partial charge in [0.1, 0.15) is 5.60 Å². The molecule has 0 amide bonds. The molecule has 0 radical (unpaired) electrons. The van der Waals surface area contributed by atoms with Crippen LogP contribution >= 0.6 is 15.9 Å². The van der Waals surface area contributed by atoms with E-state index in [2.05, 4.69) is 15.9 Å². The average molecular weight is 310 g/mol. The molecule has 2 aromatic rings. The highest BCUT2D eigenvalue weighted by Crippen LogP contribution is 2.25. The number of nitrogens with zero attached hydrogens (tertiary/aromatic N) is 1. The van der Waals surface area contributed by atoms with Crippen molar-refractivity contribution in [2.24, 2.45) is 0 Å². The van der Waals surface area contributed by atoms with Crippen LogP contribution in [0.3, 0.4) is 0 Å². The Morgan fingerprint density at radius 2 is 2.00 bits per heavy atom. The van der Waals surface area contributed by atoms with Gasteiger partial charge in [0, 0.05) is 16.1 Å².